The predicted octanol–water partition coefficient (Wildman–Crippen LogP) is 3.88. The van der Waals surface area contributed by atoms with Gasteiger partial charge in [0.2, 0.25) is 0 Å². The lowest BCUT2D eigenvalue weighted by Crippen LogP contribution is -2.26. The number of benzene rings is 1. The van der Waals surface area contributed by atoms with Crippen LogP contribution in [0.1, 0.15) is 55.3 Å². The minimum Gasteiger partial charge on any atom is -0.265 e. The molecule has 1 fully saturated rings. The van der Waals surface area contributed by atoms with E-state index in [9.17, 15) is 4.79 Å². The normalized spacial score (nSPS) is 14.4. The lowest BCUT2D eigenvalue weighted by atomic mass is 10.1. The van der Waals surface area contributed by atoms with Gasteiger partial charge in [-0.2, -0.15) is 10.2 Å². The zero-order valence-electron chi connectivity index (χ0n) is 15.1. The smallest absolute Gasteiger partial charge is 0.265 e. The van der Waals surface area contributed by atoms with E-state index in [1.165, 1.54) is 5.56 Å². The first kappa shape index (κ1) is 16.1. The second-order valence-corrected chi connectivity index (χ2v) is 7.15. The van der Waals surface area contributed by atoms with Crippen molar-refractivity contribution in [1.29, 1.82) is 0 Å². The lowest BCUT2D eigenvalue weighted by molar-refractivity contribution is 0.537. The van der Waals surface area contributed by atoms with E-state index in [4.69, 9.17) is 5.10 Å². The number of hydrogen-bond acceptors (Lipinski definition) is 3. The van der Waals surface area contributed by atoms with Crippen LogP contribution in [0.15, 0.2) is 29.2 Å². The number of aromatic nitrogens is 4. The molecule has 3 aromatic rings. The molecule has 1 saturated carbocycles. The molecule has 5 nitrogen and oxygen atoms in total. The Morgan fingerprint density at radius 1 is 1.24 bits per heavy atom. The van der Waals surface area contributed by atoms with E-state index in [2.05, 4.69) is 38.0 Å². The Labute approximate surface area is 147 Å². The summed E-state index contributed by atoms with van der Waals surface area (Å²) in [5.74, 6) is 0.479. The van der Waals surface area contributed by atoms with Gasteiger partial charge >= 0.3 is 0 Å². The van der Waals surface area contributed by atoms with Crippen molar-refractivity contribution in [1.82, 2.24) is 19.6 Å². The highest BCUT2D eigenvalue weighted by atomic mass is 16.1. The van der Waals surface area contributed by atoms with Crippen LogP contribution >= 0.6 is 0 Å². The van der Waals surface area contributed by atoms with E-state index in [0.29, 0.717) is 18.0 Å². The van der Waals surface area contributed by atoms with E-state index in [1.54, 1.807) is 4.68 Å². The van der Waals surface area contributed by atoms with Crippen molar-refractivity contribution in [2.24, 2.45) is 0 Å². The van der Waals surface area contributed by atoms with Gasteiger partial charge in [0.25, 0.3) is 5.56 Å². The number of unbranched alkanes of at least 4 members (excludes halogenated alkanes) is 1. The summed E-state index contributed by atoms with van der Waals surface area (Å²) in [5.41, 5.74) is 4.97. The van der Waals surface area contributed by atoms with Crippen LogP contribution in [0.3, 0.4) is 0 Å². The number of nitrogens with zero attached hydrogens (tertiary/aromatic N) is 4. The van der Waals surface area contributed by atoms with Gasteiger partial charge in [-0.15, -0.1) is 0 Å². The predicted molar refractivity (Wildman–Crippen MR) is 99.5 cm³/mol. The van der Waals surface area contributed by atoms with Gasteiger partial charge in [0.15, 0.2) is 0 Å². The third-order valence-corrected chi connectivity index (χ3v) is 4.98. The average Bonchev–Trinajstić information content (AvgIpc) is 3.33. The minimum atomic E-state index is -0.0367. The molecular weight excluding hydrogens is 312 g/mol. The van der Waals surface area contributed by atoms with E-state index in [-0.39, 0.29) is 5.56 Å². The third-order valence-electron chi connectivity index (χ3n) is 4.98. The molecule has 0 atom stereocenters. The first-order chi connectivity index (χ1) is 12.1. The van der Waals surface area contributed by atoms with E-state index in [1.807, 2.05) is 16.9 Å². The standard InChI is InChI=1S/C20H24N4O/c1-4-5-10-23-20(25)19-16(18(22-23)15-7-8-15)12-21-24(19)17-9-6-13(2)11-14(17)3/h6,9,11-12,15H,4-5,7-8,10H2,1-3H3. The van der Waals surface area contributed by atoms with Crippen LogP contribution < -0.4 is 5.56 Å². The largest absolute Gasteiger partial charge is 0.293 e. The summed E-state index contributed by atoms with van der Waals surface area (Å²) in [5, 5.41) is 10.2. The van der Waals surface area contributed by atoms with Gasteiger partial charge in [-0.05, 0) is 44.7 Å². The van der Waals surface area contributed by atoms with Gasteiger partial charge in [0.05, 0.1) is 17.6 Å². The summed E-state index contributed by atoms with van der Waals surface area (Å²) in [6, 6.07) is 6.24. The van der Waals surface area contributed by atoms with Gasteiger partial charge in [0.1, 0.15) is 5.52 Å². The van der Waals surface area contributed by atoms with Crippen molar-refractivity contribution in [3.05, 3.63) is 51.6 Å². The summed E-state index contributed by atoms with van der Waals surface area (Å²) in [6.07, 6.45) is 6.13. The van der Waals surface area contributed by atoms with Gasteiger partial charge in [-0.1, -0.05) is 31.0 Å². The molecule has 5 heteroatoms. The highest BCUT2D eigenvalue weighted by Gasteiger charge is 2.30. The topological polar surface area (TPSA) is 52.7 Å². The van der Waals surface area contributed by atoms with Crippen LogP contribution in [0, 0.1) is 13.8 Å². The molecule has 25 heavy (non-hydrogen) atoms. The van der Waals surface area contributed by atoms with Crippen LogP contribution in [0.25, 0.3) is 16.6 Å². The fourth-order valence-electron chi connectivity index (χ4n) is 3.44. The number of hydrogen-bond donors (Lipinski definition) is 0. The van der Waals surface area contributed by atoms with Gasteiger partial charge < -0.3 is 0 Å². The second-order valence-electron chi connectivity index (χ2n) is 7.15. The van der Waals surface area contributed by atoms with E-state index >= 15 is 0 Å². The lowest BCUT2D eigenvalue weighted by Gasteiger charge is -2.11. The molecule has 0 amide bonds. The van der Waals surface area contributed by atoms with E-state index < -0.39 is 0 Å². The first-order valence-corrected chi connectivity index (χ1v) is 9.16. The molecule has 1 aliphatic rings. The van der Waals surface area contributed by atoms with Crippen molar-refractivity contribution >= 4 is 10.9 Å². The molecule has 0 saturated heterocycles. The Kier molecular flexibility index (Phi) is 3.94. The Hall–Kier alpha value is -2.43. The van der Waals surface area contributed by atoms with Crippen molar-refractivity contribution in [2.75, 3.05) is 0 Å². The van der Waals surface area contributed by atoms with Crippen molar-refractivity contribution < 1.29 is 0 Å². The maximum Gasteiger partial charge on any atom is 0.293 e. The molecule has 0 spiro atoms. The summed E-state index contributed by atoms with van der Waals surface area (Å²) in [4.78, 5) is 13.1. The molecule has 130 valence electrons. The molecule has 0 radical (unpaired) electrons. The molecule has 1 aliphatic carbocycles. The average molecular weight is 336 g/mol. The van der Waals surface area contributed by atoms with Gasteiger partial charge in [0, 0.05) is 17.8 Å². The molecule has 2 aromatic heterocycles. The molecule has 0 bridgehead atoms. The fraction of sp³-hybridized carbons (Fsp3) is 0.450. The second kappa shape index (κ2) is 6.14. The SMILES string of the molecule is CCCCn1nc(C2CC2)c2cnn(-c3ccc(C)cc3C)c2c1=O. The number of fused-ring (bicyclic) bond motifs is 1. The molecule has 4 rings (SSSR count). The Morgan fingerprint density at radius 2 is 2.04 bits per heavy atom. The Balaban J connectivity index is 1.97. The molecule has 2 heterocycles. The molecule has 1 aromatic carbocycles. The number of aryl methyl sites for hydroxylation is 3. The summed E-state index contributed by atoms with van der Waals surface area (Å²) in [6.45, 7) is 6.94. The van der Waals surface area contributed by atoms with Gasteiger partial charge in [-0.3, -0.25) is 4.79 Å². The van der Waals surface area contributed by atoms with Crippen molar-refractivity contribution in [3.8, 4) is 5.69 Å². The zero-order chi connectivity index (χ0) is 17.6. The Morgan fingerprint density at radius 3 is 2.72 bits per heavy atom. The first-order valence-electron chi connectivity index (χ1n) is 9.16. The maximum atomic E-state index is 13.1. The third kappa shape index (κ3) is 2.77. The van der Waals surface area contributed by atoms with Gasteiger partial charge in [-0.25, -0.2) is 9.36 Å². The monoisotopic (exact) mass is 336 g/mol. The van der Waals surface area contributed by atoms with Crippen LogP contribution in [0.2, 0.25) is 0 Å². The number of rotatable bonds is 5. The van der Waals surface area contributed by atoms with Crippen LogP contribution in [0.5, 0.6) is 0 Å². The Bertz CT molecular complexity index is 995. The van der Waals surface area contributed by atoms with Crippen molar-refractivity contribution in [2.45, 2.75) is 58.9 Å². The van der Waals surface area contributed by atoms with E-state index in [0.717, 1.165) is 48.0 Å². The highest BCUT2D eigenvalue weighted by molar-refractivity contribution is 5.82. The van der Waals surface area contributed by atoms with Crippen LogP contribution in [-0.2, 0) is 6.54 Å². The molecule has 0 N–H and O–H groups in total. The maximum absolute atomic E-state index is 13.1. The quantitative estimate of drug-likeness (QED) is 0.710. The van der Waals surface area contributed by atoms with Crippen LogP contribution in [0.4, 0.5) is 0 Å². The zero-order valence-corrected chi connectivity index (χ0v) is 15.1. The minimum absolute atomic E-state index is 0.0367. The fourth-order valence-corrected chi connectivity index (χ4v) is 3.44. The molecule has 0 aliphatic heterocycles. The molecule has 0 unspecified atom stereocenters. The molecular formula is C20H24N4O. The van der Waals surface area contributed by atoms with Crippen LogP contribution in [-0.4, -0.2) is 19.6 Å². The summed E-state index contributed by atoms with van der Waals surface area (Å²) in [7, 11) is 0. The highest BCUT2D eigenvalue weighted by Crippen LogP contribution is 2.41. The summed E-state index contributed by atoms with van der Waals surface area (Å²) < 4.78 is 3.46. The summed E-state index contributed by atoms with van der Waals surface area (Å²) >= 11 is 0. The van der Waals surface area contributed by atoms with Crippen molar-refractivity contribution in [3.63, 3.8) is 0 Å².